The lowest BCUT2D eigenvalue weighted by Gasteiger charge is -2.11. The van der Waals surface area contributed by atoms with E-state index >= 15 is 0 Å². The Balaban J connectivity index is 2.09. The van der Waals surface area contributed by atoms with Gasteiger partial charge in [0.1, 0.15) is 11.3 Å². The summed E-state index contributed by atoms with van der Waals surface area (Å²) in [5.41, 5.74) is 7.32. The molecule has 2 aromatic carbocycles. The van der Waals surface area contributed by atoms with Crippen LogP contribution in [0.1, 0.15) is 0 Å². The maximum Gasteiger partial charge on any atom is 0.153 e. The third kappa shape index (κ3) is 2.44. The van der Waals surface area contributed by atoms with Crippen molar-refractivity contribution in [1.29, 1.82) is 0 Å². The van der Waals surface area contributed by atoms with Gasteiger partial charge in [0.2, 0.25) is 0 Å². The van der Waals surface area contributed by atoms with Crippen LogP contribution in [0.4, 0.5) is 5.69 Å². The molecule has 0 fully saturated rings. The standard InChI is InChI=1S/C15H10BrClN2O/c16-9-3-5-13(11(17)8-9)20-14-6-4-12(18)10-2-1-7-19-15(10)14/h1-8H,18H2. The van der Waals surface area contributed by atoms with E-state index in [2.05, 4.69) is 20.9 Å². The molecule has 0 saturated heterocycles. The lowest BCUT2D eigenvalue weighted by atomic mass is 10.1. The molecule has 2 N–H and O–H groups in total. The minimum atomic E-state index is 0.528. The van der Waals surface area contributed by atoms with Crippen LogP contribution in [0.25, 0.3) is 10.9 Å². The van der Waals surface area contributed by atoms with Crippen LogP contribution >= 0.6 is 27.5 Å². The van der Waals surface area contributed by atoms with Crippen LogP contribution in [0, 0.1) is 0 Å². The van der Waals surface area contributed by atoms with Crippen molar-refractivity contribution in [2.75, 3.05) is 5.73 Å². The normalized spacial score (nSPS) is 10.7. The van der Waals surface area contributed by atoms with E-state index in [4.69, 9.17) is 22.1 Å². The summed E-state index contributed by atoms with van der Waals surface area (Å²) in [6.07, 6.45) is 1.71. The zero-order valence-corrected chi connectivity index (χ0v) is 12.6. The van der Waals surface area contributed by atoms with Gasteiger partial charge in [0.25, 0.3) is 0 Å². The lowest BCUT2D eigenvalue weighted by Crippen LogP contribution is -1.92. The fourth-order valence-corrected chi connectivity index (χ4v) is 2.64. The molecular formula is C15H10BrClN2O. The SMILES string of the molecule is Nc1ccc(Oc2ccc(Br)cc2Cl)c2ncccc12. The maximum atomic E-state index is 6.16. The Kier molecular flexibility index (Phi) is 3.51. The summed E-state index contributed by atoms with van der Waals surface area (Å²) in [5.74, 6) is 1.20. The number of anilines is 1. The van der Waals surface area contributed by atoms with Crippen molar-refractivity contribution >= 4 is 44.1 Å². The maximum absolute atomic E-state index is 6.16. The summed E-state index contributed by atoms with van der Waals surface area (Å²) in [5, 5.41) is 1.39. The number of ether oxygens (including phenoxy) is 1. The Morgan fingerprint density at radius 3 is 2.70 bits per heavy atom. The van der Waals surface area contributed by atoms with Crippen molar-refractivity contribution in [1.82, 2.24) is 4.98 Å². The van der Waals surface area contributed by atoms with E-state index in [1.165, 1.54) is 0 Å². The van der Waals surface area contributed by atoms with Gasteiger partial charge in [-0.2, -0.15) is 0 Å². The van der Waals surface area contributed by atoms with Crippen molar-refractivity contribution in [3.05, 3.63) is 58.2 Å². The predicted molar refractivity (Wildman–Crippen MR) is 85.4 cm³/mol. The number of benzene rings is 2. The number of hydrogen-bond donors (Lipinski definition) is 1. The van der Waals surface area contributed by atoms with Gasteiger partial charge < -0.3 is 10.5 Å². The molecule has 0 aliphatic carbocycles. The Labute approximate surface area is 129 Å². The van der Waals surface area contributed by atoms with Gasteiger partial charge >= 0.3 is 0 Å². The molecule has 5 heteroatoms. The Morgan fingerprint density at radius 1 is 1.10 bits per heavy atom. The highest BCUT2D eigenvalue weighted by Crippen LogP contribution is 2.35. The highest BCUT2D eigenvalue weighted by Gasteiger charge is 2.09. The van der Waals surface area contributed by atoms with Gasteiger partial charge in [-0.05, 0) is 42.5 Å². The van der Waals surface area contributed by atoms with Gasteiger partial charge in [0.15, 0.2) is 5.75 Å². The minimum absolute atomic E-state index is 0.528. The topological polar surface area (TPSA) is 48.1 Å². The third-order valence-corrected chi connectivity index (χ3v) is 3.67. The Hall–Kier alpha value is -1.78. The van der Waals surface area contributed by atoms with E-state index in [1.54, 1.807) is 30.5 Å². The Bertz CT molecular complexity index is 792. The molecule has 1 heterocycles. The molecule has 100 valence electrons. The van der Waals surface area contributed by atoms with Gasteiger partial charge in [-0.3, -0.25) is 4.98 Å². The molecule has 1 aromatic heterocycles. The summed E-state index contributed by atoms with van der Waals surface area (Å²) in [6.45, 7) is 0. The monoisotopic (exact) mass is 348 g/mol. The molecule has 0 unspecified atom stereocenters. The number of pyridine rings is 1. The molecule has 0 saturated carbocycles. The average molecular weight is 350 g/mol. The number of rotatable bonds is 2. The first-order valence-corrected chi connectivity index (χ1v) is 7.08. The molecule has 3 nitrogen and oxygen atoms in total. The summed E-state index contributed by atoms with van der Waals surface area (Å²) in [6, 6.07) is 12.8. The van der Waals surface area contributed by atoms with Crippen LogP contribution in [0.3, 0.4) is 0 Å². The number of nitrogen functional groups attached to an aromatic ring is 1. The molecule has 0 aliphatic rings. The summed E-state index contributed by atoms with van der Waals surface area (Å²) >= 11 is 9.52. The zero-order chi connectivity index (χ0) is 14.1. The molecule has 20 heavy (non-hydrogen) atoms. The van der Waals surface area contributed by atoms with Gasteiger partial charge in [0.05, 0.1) is 5.02 Å². The van der Waals surface area contributed by atoms with Crippen molar-refractivity contribution in [3.63, 3.8) is 0 Å². The predicted octanol–water partition coefficient (Wildman–Crippen LogP) is 5.03. The van der Waals surface area contributed by atoms with E-state index in [0.717, 1.165) is 9.86 Å². The van der Waals surface area contributed by atoms with Gasteiger partial charge in [-0.1, -0.05) is 27.5 Å². The highest BCUT2D eigenvalue weighted by molar-refractivity contribution is 9.10. The van der Waals surface area contributed by atoms with E-state index < -0.39 is 0 Å². The van der Waals surface area contributed by atoms with Crippen LogP contribution in [-0.4, -0.2) is 4.98 Å². The lowest BCUT2D eigenvalue weighted by molar-refractivity contribution is 0.487. The van der Waals surface area contributed by atoms with Crippen molar-refractivity contribution in [2.24, 2.45) is 0 Å². The molecule has 0 radical (unpaired) electrons. The summed E-state index contributed by atoms with van der Waals surface area (Å²) in [7, 11) is 0. The van der Waals surface area contributed by atoms with Crippen molar-refractivity contribution in [3.8, 4) is 11.5 Å². The van der Waals surface area contributed by atoms with Crippen LogP contribution in [-0.2, 0) is 0 Å². The first-order chi connectivity index (χ1) is 9.65. The molecule has 0 amide bonds. The third-order valence-electron chi connectivity index (χ3n) is 2.88. The number of fused-ring (bicyclic) bond motifs is 1. The smallest absolute Gasteiger partial charge is 0.153 e. The number of halogens is 2. The van der Waals surface area contributed by atoms with E-state index in [9.17, 15) is 0 Å². The number of hydrogen-bond acceptors (Lipinski definition) is 3. The first-order valence-electron chi connectivity index (χ1n) is 5.91. The van der Waals surface area contributed by atoms with Gasteiger partial charge in [0, 0.05) is 21.7 Å². The Morgan fingerprint density at radius 2 is 1.90 bits per heavy atom. The van der Waals surface area contributed by atoms with Crippen LogP contribution < -0.4 is 10.5 Å². The number of aromatic nitrogens is 1. The van der Waals surface area contributed by atoms with Gasteiger partial charge in [-0.25, -0.2) is 0 Å². The van der Waals surface area contributed by atoms with Crippen molar-refractivity contribution < 1.29 is 4.74 Å². The van der Waals surface area contributed by atoms with E-state index in [-0.39, 0.29) is 0 Å². The molecule has 3 aromatic rings. The largest absolute Gasteiger partial charge is 0.454 e. The number of nitrogens with zero attached hydrogens (tertiary/aromatic N) is 1. The molecule has 0 bridgehead atoms. The molecule has 0 aliphatic heterocycles. The second kappa shape index (κ2) is 5.31. The van der Waals surface area contributed by atoms with Crippen LogP contribution in [0.2, 0.25) is 5.02 Å². The van der Waals surface area contributed by atoms with Crippen LogP contribution in [0.5, 0.6) is 11.5 Å². The average Bonchev–Trinajstić information content (AvgIpc) is 2.45. The number of nitrogens with two attached hydrogens (primary N) is 1. The fraction of sp³-hybridized carbons (Fsp3) is 0. The first kappa shape index (κ1) is 13.2. The quantitative estimate of drug-likeness (QED) is 0.660. The minimum Gasteiger partial charge on any atom is -0.454 e. The second-order valence-electron chi connectivity index (χ2n) is 4.23. The van der Waals surface area contributed by atoms with Crippen LogP contribution in [0.15, 0.2) is 53.1 Å². The molecule has 0 spiro atoms. The highest BCUT2D eigenvalue weighted by atomic mass is 79.9. The molecular weight excluding hydrogens is 340 g/mol. The second-order valence-corrected chi connectivity index (χ2v) is 5.55. The van der Waals surface area contributed by atoms with Crippen molar-refractivity contribution in [2.45, 2.75) is 0 Å². The summed E-state index contributed by atoms with van der Waals surface area (Å²) in [4.78, 5) is 4.33. The molecule has 0 atom stereocenters. The van der Waals surface area contributed by atoms with E-state index in [1.807, 2.05) is 18.2 Å². The summed E-state index contributed by atoms with van der Waals surface area (Å²) < 4.78 is 6.76. The fourth-order valence-electron chi connectivity index (χ4n) is 1.93. The van der Waals surface area contributed by atoms with E-state index in [0.29, 0.717) is 27.7 Å². The zero-order valence-electron chi connectivity index (χ0n) is 10.3. The molecule has 3 rings (SSSR count). The van der Waals surface area contributed by atoms with Gasteiger partial charge in [-0.15, -0.1) is 0 Å².